The number of rotatable bonds is 7. The summed E-state index contributed by atoms with van der Waals surface area (Å²) in [6.07, 6.45) is -0.586. The molecule has 3 N–H and O–H groups in total. The second-order valence-electron chi connectivity index (χ2n) is 4.80. The minimum Gasteiger partial charge on any atom is -0.480 e. The number of hydrogen-bond acceptors (Lipinski definition) is 5. The lowest BCUT2D eigenvalue weighted by molar-refractivity contribution is -0.158. The van der Waals surface area contributed by atoms with Gasteiger partial charge < -0.3 is 9.84 Å². The zero-order chi connectivity index (χ0) is 15.3. The second-order valence-corrected chi connectivity index (χ2v) is 6.33. The minimum atomic E-state index is -3.95. The number of esters is 1. The molecule has 0 aromatic rings. The van der Waals surface area contributed by atoms with Gasteiger partial charge in [0.25, 0.3) is 10.2 Å². The molecule has 0 saturated heterocycles. The van der Waals surface area contributed by atoms with Crippen molar-refractivity contribution in [3.05, 3.63) is 0 Å². The fourth-order valence-electron chi connectivity index (χ4n) is 1.15. The fraction of sp³-hybridized carbons (Fsp3) is 0.800. The van der Waals surface area contributed by atoms with Gasteiger partial charge in [-0.2, -0.15) is 13.1 Å². The molecular formula is C10H20N2O6S. The summed E-state index contributed by atoms with van der Waals surface area (Å²) in [5.41, 5.74) is -0.763. The number of carboxylic acid groups (broad SMARTS) is 1. The number of ether oxygens (including phenoxy) is 1. The predicted octanol–water partition coefficient (Wildman–Crippen LogP) is -0.385. The van der Waals surface area contributed by atoms with E-state index in [4.69, 9.17) is 9.84 Å². The second kappa shape index (κ2) is 6.83. The van der Waals surface area contributed by atoms with E-state index in [1.165, 1.54) is 0 Å². The van der Waals surface area contributed by atoms with Crippen molar-refractivity contribution in [2.45, 2.75) is 45.8 Å². The summed E-state index contributed by atoms with van der Waals surface area (Å²) in [5, 5.41) is 8.89. The van der Waals surface area contributed by atoms with E-state index in [0.717, 1.165) is 0 Å². The molecule has 0 aliphatic heterocycles. The van der Waals surface area contributed by atoms with Gasteiger partial charge in [-0.3, -0.25) is 9.59 Å². The largest absolute Gasteiger partial charge is 0.480 e. The maximum atomic E-state index is 11.5. The molecule has 0 aromatic heterocycles. The van der Waals surface area contributed by atoms with Gasteiger partial charge in [0.05, 0.1) is 6.42 Å². The molecule has 0 spiro atoms. The molecule has 9 heteroatoms. The highest BCUT2D eigenvalue weighted by Crippen LogP contribution is 2.09. The van der Waals surface area contributed by atoms with Crippen molar-refractivity contribution in [2.24, 2.45) is 0 Å². The lowest BCUT2D eigenvalue weighted by atomic mass is 10.2. The Hall–Kier alpha value is -1.19. The van der Waals surface area contributed by atoms with Gasteiger partial charge in [0.1, 0.15) is 11.6 Å². The minimum absolute atomic E-state index is 0.105. The Morgan fingerprint density at radius 3 is 2.21 bits per heavy atom. The number of carboxylic acids is 1. The van der Waals surface area contributed by atoms with Crippen molar-refractivity contribution in [3.8, 4) is 0 Å². The van der Waals surface area contributed by atoms with Gasteiger partial charge in [0.15, 0.2) is 0 Å². The summed E-state index contributed by atoms with van der Waals surface area (Å²) in [4.78, 5) is 22.4. The standard InChI is InChI=1S/C10H20N2O6S/c1-5-11-19(16,17)12-7(9(14)15)6-8(13)18-10(2,3)4/h7,11-12H,5-6H2,1-4H3,(H,14,15)/t7-/m0/s1. The Bertz CT molecular complexity index is 426. The van der Waals surface area contributed by atoms with Crippen LogP contribution in [0.5, 0.6) is 0 Å². The van der Waals surface area contributed by atoms with E-state index in [0.29, 0.717) is 0 Å². The lowest BCUT2D eigenvalue weighted by Crippen LogP contribution is -2.47. The van der Waals surface area contributed by atoms with E-state index in [2.05, 4.69) is 4.72 Å². The molecule has 0 rings (SSSR count). The highest BCUT2D eigenvalue weighted by Gasteiger charge is 2.28. The average molecular weight is 296 g/mol. The van der Waals surface area contributed by atoms with E-state index >= 15 is 0 Å². The maximum Gasteiger partial charge on any atom is 0.322 e. The Morgan fingerprint density at radius 2 is 1.84 bits per heavy atom. The molecule has 0 radical (unpaired) electrons. The van der Waals surface area contributed by atoms with Gasteiger partial charge in [-0.1, -0.05) is 6.92 Å². The molecule has 0 aliphatic carbocycles. The number of hydrogen-bond donors (Lipinski definition) is 3. The molecule has 0 aliphatic rings. The van der Waals surface area contributed by atoms with Crippen LogP contribution in [0.3, 0.4) is 0 Å². The molecule has 0 bridgehead atoms. The van der Waals surface area contributed by atoms with Crippen LogP contribution in [0.1, 0.15) is 34.1 Å². The summed E-state index contributed by atoms with van der Waals surface area (Å²) in [6, 6.07) is -1.57. The Labute approximate surface area is 112 Å². The van der Waals surface area contributed by atoms with Crippen LogP contribution >= 0.6 is 0 Å². The lowest BCUT2D eigenvalue weighted by Gasteiger charge is -2.21. The van der Waals surface area contributed by atoms with E-state index in [9.17, 15) is 18.0 Å². The van der Waals surface area contributed by atoms with E-state index in [-0.39, 0.29) is 6.54 Å². The third-order valence-electron chi connectivity index (χ3n) is 1.72. The fourth-order valence-corrected chi connectivity index (χ4v) is 2.17. The maximum absolute atomic E-state index is 11.5. The summed E-state index contributed by atoms with van der Waals surface area (Å²) in [5.74, 6) is -2.24. The Morgan fingerprint density at radius 1 is 1.32 bits per heavy atom. The average Bonchev–Trinajstić information content (AvgIpc) is 2.12. The zero-order valence-corrected chi connectivity index (χ0v) is 12.2. The van der Waals surface area contributed by atoms with Crippen molar-refractivity contribution in [1.82, 2.24) is 9.44 Å². The normalized spacial score (nSPS) is 13.9. The topological polar surface area (TPSA) is 122 Å². The Balaban J connectivity index is 4.69. The van der Waals surface area contributed by atoms with E-state index in [1.54, 1.807) is 27.7 Å². The van der Waals surface area contributed by atoms with Crippen molar-refractivity contribution in [3.63, 3.8) is 0 Å². The Kier molecular flexibility index (Phi) is 6.40. The molecule has 0 saturated carbocycles. The summed E-state index contributed by atoms with van der Waals surface area (Å²) >= 11 is 0. The van der Waals surface area contributed by atoms with Crippen LogP contribution in [0, 0.1) is 0 Å². The number of aliphatic carboxylic acids is 1. The molecule has 0 heterocycles. The first-order valence-electron chi connectivity index (χ1n) is 5.68. The summed E-state index contributed by atoms with van der Waals surface area (Å²) in [7, 11) is -3.95. The van der Waals surface area contributed by atoms with Crippen LogP contribution in [0.2, 0.25) is 0 Å². The van der Waals surface area contributed by atoms with Crippen LogP contribution in [0.4, 0.5) is 0 Å². The van der Waals surface area contributed by atoms with Crippen molar-refractivity contribution < 1.29 is 27.9 Å². The van der Waals surface area contributed by atoms with Gasteiger partial charge in [-0.25, -0.2) is 4.72 Å². The van der Waals surface area contributed by atoms with Gasteiger partial charge in [0.2, 0.25) is 0 Å². The number of nitrogens with one attached hydrogen (secondary N) is 2. The van der Waals surface area contributed by atoms with Gasteiger partial charge in [0, 0.05) is 6.54 Å². The third kappa shape index (κ3) is 8.51. The van der Waals surface area contributed by atoms with E-state index < -0.39 is 40.2 Å². The molecule has 0 fully saturated rings. The van der Waals surface area contributed by atoms with Gasteiger partial charge >= 0.3 is 11.9 Å². The zero-order valence-electron chi connectivity index (χ0n) is 11.4. The number of carbonyl (C=O) groups excluding carboxylic acids is 1. The molecule has 0 unspecified atom stereocenters. The third-order valence-corrected chi connectivity index (χ3v) is 2.98. The highest BCUT2D eigenvalue weighted by molar-refractivity contribution is 7.87. The van der Waals surface area contributed by atoms with Crippen molar-refractivity contribution >= 4 is 22.1 Å². The smallest absolute Gasteiger partial charge is 0.322 e. The highest BCUT2D eigenvalue weighted by atomic mass is 32.2. The molecule has 19 heavy (non-hydrogen) atoms. The monoisotopic (exact) mass is 296 g/mol. The van der Waals surface area contributed by atoms with Gasteiger partial charge in [-0.15, -0.1) is 0 Å². The van der Waals surface area contributed by atoms with Crippen molar-refractivity contribution in [1.29, 1.82) is 0 Å². The molecule has 1 atom stereocenters. The first kappa shape index (κ1) is 17.8. The summed E-state index contributed by atoms with van der Waals surface area (Å²) < 4.78 is 31.6. The van der Waals surface area contributed by atoms with Crippen molar-refractivity contribution in [2.75, 3.05) is 6.54 Å². The molecule has 0 aromatic carbocycles. The quantitative estimate of drug-likeness (QED) is 0.550. The predicted molar refractivity (Wildman–Crippen MR) is 67.6 cm³/mol. The van der Waals surface area contributed by atoms with Crippen LogP contribution in [-0.4, -0.2) is 43.7 Å². The van der Waals surface area contributed by atoms with Crippen LogP contribution in [0.15, 0.2) is 0 Å². The van der Waals surface area contributed by atoms with Crippen LogP contribution < -0.4 is 9.44 Å². The molecular weight excluding hydrogens is 276 g/mol. The molecule has 112 valence electrons. The summed E-state index contributed by atoms with van der Waals surface area (Å²) in [6.45, 7) is 6.54. The van der Waals surface area contributed by atoms with E-state index in [1.807, 2.05) is 4.72 Å². The first-order chi connectivity index (χ1) is 8.47. The SMILES string of the molecule is CCNS(=O)(=O)N[C@@H](CC(=O)OC(C)(C)C)C(=O)O. The molecule has 0 amide bonds. The first-order valence-corrected chi connectivity index (χ1v) is 7.16. The van der Waals surface area contributed by atoms with Crippen LogP contribution in [0.25, 0.3) is 0 Å². The van der Waals surface area contributed by atoms with Crippen LogP contribution in [-0.2, 0) is 24.5 Å². The molecule has 8 nitrogen and oxygen atoms in total. The van der Waals surface area contributed by atoms with Gasteiger partial charge in [-0.05, 0) is 20.8 Å². The number of carbonyl (C=O) groups is 2.